The second-order valence-electron chi connectivity index (χ2n) is 14.9. The van der Waals surface area contributed by atoms with Gasteiger partial charge in [0.2, 0.25) is 0 Å². The summed E-state index contributed by atoms with van der Waals surface area (Å²) in [4.78, 5) is 2.39. The van der Waals surface area contributed by atoms with Gasteiger partial charge >= 0.3 is 0 Å². The molecule has 0 aliphatic heterocycles. The van der Waals surface area contributed by atoms with Crippen molar-refractivity contribution in [1.29, 1.82) is 0 Å². The normalized spacial score (nSPS) is 14.7. The molecular formula is C48H37NO. The molecule has 0 unspecified atom stereocenters. The molecule has 0 spiro atoms. The van der Waals surface area contributed by atoms with Crippen molar-refractivity contribution in [2.24, 2.45) is 0 Å². The predicted octanol–water partition coefficient (Wildman–Crippen LogP) is 13.3. The lowest BCUT2D eigenvalue weighted by Crippen LogP contribution is -2.16. The first kappa shape index (κ1) is 29.1. The summed E-state index contributed by atoms with van der Waals surface area (Å²) >= 11 is 0. The van der Waals surface area contributed by atoms with E-state index in [0.29, 0.717) is 0 Å². The van der Waals surface area contributed by atoms with Gasteiger partial charge in [0.05, 0.1) is 5.69 Å². The Morgan fingerprint density at radius 3 is 1.82 bits per heavy atom. The van der Waals surface area contributed by atoms with Gasteiger partial charge < -0.3 is 9.32 Å². The summed E-state index contributed by atoms with van der Waals surface area (Å²) in [6.07, 6.45) is 0. The molecular weight excluding hydrogens is 607 g/mol. The van der Waals surface area contributed by atoms with Crippen LogP contribution in [0.1, 0.15) is 49.9 Å². The molecule has 0 saturated carbocycles. The van der Waals surface area contributed by atoms with E-state index < -0.39 is 0 Å². The zero-order valence-corrected chi connectivity index (χ0v) is 28.8. The van der Waals surface area contributed by atoms with Crippen LogP contribution in [0.5, 0.6) is 0 Å². The minimum absolute atomic E-state index is 0.114. The van der Waals surface area contributed by atoms with Crippen molar-refractivity contribution < 1.29 is 4.42 Å². The van der Waals surface area contributed by atoms with E-state index in [9.17, 15) is 0 Å². The molecule has 0 N–H and O–H groups in total. The molecule has 1 aromatic heterocycles. The monoisotopic (exact) mass is 643 g/mol. The maximum Gasteiger partial charge on any atom is 0.159 e. The molecule has 2 aliphatic rings. The molecule has 0 bridgehead atoms. The van der Waals surface area contributed by atoms with Gasteiger partial charge in [-0.3, -0.25) is 0 Å². The van der Waals surface area contributed by atoms with Crippen molar-refractivity contribution >= 4 is 39.0 Å². The Bertz CT molecular complexity index is 2640. The first-order valence-corrected chi connectivity index (χ1v) is 17.6. The van der Waals surface area contributed by atoms with Gasteiger partial charge in [0, 0.05) is 33.0 Å². The largest absolute Gasteiger partial charge is 0.454 e. The molecule has 2 nitrogen and oxygen atoms in total. The molecule has 0 atom stereocenters. The fourth-order valence-corrected chi connectivity index (χ4v) is 9.01. The van der Waals surface area contributed by atoms with Crippen LogP contribution in [0.25, 0.3) is 55.3 Å². The van der Waals surface area contributed by atoms with Crippen LogP contribution >= 0.6 is 0 Å². The quantitative estimate of drug-likeness (QED) is 0.190. The van der Waals surface area contributed by atoms with Crippen molar-refractivity contribution in [3.63, 3.8) is 0 Å². The number of benzene rings is 7. The Kier molecular flexibility index (Phi) is 6.01. The Morgan fingerprint density at radius 2 is 1.06 bits per heavy atom. The van der Waals surface area contributed by atoms with Gasteiger partial charge in [0.25, 0.3) is 0 Å². The number of rotatable bonds is 4. The summed E-state index contributed by atoms with van der Waals surface area (Å²) < 4.78 is 6.96. The van der Waals surface area contributed by atoms with Crippen molar-refractivity contribution in [2.45, 2.75) is 38.5 Å². The van der Waals surface area contributed by atoms with Crippen LogP contribution in [0.15, 0.2) is 156 Å². The molecule has 7 aromatic carbocycles. The predicted molar refractivity (Wildman–Crippen MR) is 209 cm³/mol. The van der Waals surface area contributed by atoms with Gasteiger partial charge in [-0.25, -0.2) is 0 Å². The third kappa shape index (κ3) is 3.96. The molecule has 0 radical (unpaired) electrons. The van der Waals surface area contributed by atoms with Crippen molar-refractivity contribution in [3.8, 4) is 33.4 Å². The third-order valence-corrected chi connectivity index (χ3v) is 11.5. The maximum atomic E-state index is 6.96. The summed E-state index contributed by atoms with van der Waals surface area (Å²) in [5.41, 5.74) is 17.9. The fourth-order valence-electron chi connectivity index (χ4n) is 9.01. The number of anilines is 3. The Balaban J connectivity index is 1.21. The van der Waals surface area contributed by atoms with E-state index in [-0.39, 0.29) is 10.8 Å². The van der Waals surface area contributed by atoms with Gasteiger partial charge in [-0.15, -0.1) is 0 Å². The lowest BCUT2D eigenvalue weighted by Gasteiger charge is -2.28. The minimum atomic E-state index is -0.147. The number of hydrogen-bond acceptors (Lipinski definition) is 2. The van der Waals surface area contributed by atoms with Crippen molar-refractivity contribution in [2.75, 3.05) is 4.90 Å². The Morgan fingerprint density at radius 1 is 0.460 bits per heavy atom. The lowest BCUT2D eigenvalue weighted by atomic mass is 9.80. The SMILES string of the molecule is CC1(C)c2ccccc2-c2ccc(N(c3ccc(-c4ccccc4)cc3)c3cccc4c3oc3ccc5c(c34)C(C)(C)c3ccccc3-5)cc21. The number of furan rings is 1. The Hall–Kier alpha value is -5.86. The van der Waals surface area contributed by atoms with Crippen molar-refractivity contribution in [3.05, 3.63) is 174 Å². The van der Waals surface area contributed by atoms with Gasteiger partial charge in [0.1, 0.15) is 5.58 Å². The summed E-state index contributed by atoms with van der Waals surface area (Å²) in [6.45, 7) is 9.40. The van der Waals surface area contributed by atoms with Crippen LogP contribution in [-0.2, 0) is 10.8 Å². The molecule has 2 aliphatic carbocycles. The number of para-hydroxylation sites is 1. The Labute approximate surface area is 293 Å². The van der Waals surface area contributed by atoms with Crippen LogP contribution in [0.2, 0.25) is 0 Å². The van der Waals surface area contributed by atoms with Crippen LogP contribution in [0.3, 0.4) is 0 Å². The molecule has 0 amide bonds. The zero-order valence-electron chi connectivity index (χ0n) is 28.8. The molecule has 50 heavy (non-hydrogen) atoms. The van der Waals surface area contributed by atoms with Gasteiger partial charge in [-0.2, -0.15) is 0 Å². The second kappa shape index (κ2) is 10.3. The lowest BCUT2D eigenvalue weighted by molar-refractivity contribution is 0.657. The topological polar surface area (TPSA) is 16.4 Å². The first-order valence-electron chi connectivity index (χ1n) is 17.6. The molecule has 0 saturated heterocycles. The van der Waals surface area contributed by atoms with Gasteiger partial charge in [-0.05, 0) is 92.0 Å². The van der Waals surface area contributed by atoms with Crippen molar-refractivity contribution in [1.82, 2.24) is 0 Å². The number of hydrogen-bond donors (Lipinski definition) is 0. The van der Waals surface area contributed by atoms with E-state index >= 15 is 0 Å². The molecule has 2 heteroatoms. The third-order valence-electron chi connectivity index (χ3n) is 11.5. The van der Waals surface area contributed by atoms with Crippen LogP contribution in [0, 0.1) is 0 Å². The summed E-state index contributed by atoms with van der Waals surface area (Å²) in [5, 5.41) is 2.36. The average Bonchev–Trinajstić information content (AvgIpc) is 3.73. The van der Waals surface area contributed by atoms with E-state index in [1.165, 1.54) is 61.0 Å². The van der Waals surface area contributed by atoms with E-state index in [2.05, 4.69) is 184 Å². The molecule has 10 rings (SSSR count). The molecule has 240 valence electrons. The van der Waals surface area contributed by atoms with Gasteiger partial charge in [-0.1, -0.05) is 143 Å². The first-order chi connectivity index (χ1) is 24.3. The molecule has 1 heterocycles. The number of nitrogens with zero attached hydrogens (tertiary/aromatic N) is 1. The van der Waals surface area contributed by atoms with Crippen LogP contribution < -0.4 is 4.90 Å². The van der Waals surface area contributed by atoms with Crippen LogP contribution in [-0.4, -0.2) is 0 Å². The van der Waals surface area contributed by atoms with E-state index in [1.54, 1.807) is 0 Å². The number of fused-ring (bicyclic) bond motifs is 10. The second-order valence-corrected chi connectivity index (χ2v) is 14.9. The van der Waals surface area contributed by atoms with Gasteiger partial charge in [0.15, 0.2) is 5.58 Å². The zero-order chi connectivity index (χ0) is 33.8. The average molecular weight is 644 g/mol. The summed E-state index contributed by atoms with van der Waals surface area (Å²) in [7, 11) is 0. The highest BCUT2D eigenvalue weighted by molar-refractivity contribution is 6.14. The minimum Gasteiger partial charge on any atom is -0.454 e. The highest BCUT2D eigenvalue weighted by Crippen LogP contribution is 2.55. The fraction of sp³-hybridized carbons (Fsp3) is 0.125. The van der Waals surface area contributed by atoms with E-state index in [4.69, 9.17) is 4.42 Å². The maximum absolute atomic E-state index is 6.96. The van der Waals surface area contributed by atoms with E-state index in [0.717, 1.165) is 33.6 Å². The summed E-state index contributed by atoms with van der Waals surface area (Å²) in [6, 6.07) is 55.3. The molecule has 8 aromatic rings. The molecule has 0 fully saturated rings. The summed E-state index contributed by atoms with van der Waals surface area (Å²) in [5.74, 6) is 0. The smallest absolute Gasteiger partial charge is 0.159 e. The van der Waals surface area contributed by atoms with E-state index in [1.807, 2.05) is 0 Å². The van der Waals surface area contributed by atoms with Crippen LogP contribution in [0.4, 0.5) is 17.1 Å². The standard InChI is InChI=1S/C48H37NO/c1-47(2)39-18-10-8-15-34(39)36-26-25-33(29-41(36)47)49(32-23-21-31(22-24-32)30-13-6-5-7-14-30)42-20-12-17-38-44-43(50-46(38)42)28-27-37-35-16-9-11-19-40(35)48(3,4)45(37)44/h5-29H,1-4H3. The highest BCUT2D eigenvalue weighted by Gasteiger charge is 2.39. The highest BCUT2D eigenvalue weighted by atomic mass is 16.3.